The van der Waals surface area contributed by atoms with Crippen molar-refractivity contribution in [3.63, 3.8) is 0 Å². The van der Waals surface area contributed by atoms with Gasteiger partial charge in [-0.05, 0) is 12.3 Å². The topological polar surface area (TPSA) is 35.5 Å². The quantitative estimate of drug-likeness (QED) is 0.368. The van der Waals surface area contributed by atoms with Crippen LogP contribution < -0.4 is 0 Å². The summed E-state index contributed by atoms with van der Waals surface area (Å²) in [5.74, 6) is -0.136. The van der Waals surface area contributed by atoms with Gasteiger partial charge in [-0.15, -0.1) is 0 Å². The summed E-state index contributed by atoms with van der Waals surface area (Å²) in [5, 5.41) is 0. The lowest BCUT2D eigenvalue weighted by Gasteiger charge is -2.10. The summed E-state index contributed by atoms with van der Waals surface area (Å²) in [4.78, 5) is 11.1. The van der Waals surface area contributed by atoms with Crippen LogP contribution in [0.4, 0.5) is 0 Å². The summed E-state index contributed by atoms with van der Waals surface area (Å²) in [6.45, 7) is 3.97. The van der Waals surface area contributed by atoms with Crippen LogP contribution in [0.1, 0.15) is 20.3 Å². The van der Waals surface area contributed by atoms with Crippen molar-refractivity contribution < 1.29 is 14.3 Å². The molecule has 1 atom stereocenters. The van der Waals surface area contributed by atoms with E-state index < -0.39 is 0 Å². The average molecular weight is 172 g/mol. The number of hydrogen-bond donors (Lipinski definition) is 0. The maximum atomic E-state index is 11.1. The highest BCUT2D eigenvalue weighted by atomic mass is 16.5. The molecule has 0 rings (SSSR count). The molecule has 0 aliphatic heterocycles. The lowest BCUT2D eigenvalue weighted by Crippen LogP contribution is -2.12. The molecule has 0 aliphatic carbocycles. The molecule has 0 amide bonds. The van der Waals surface area contributed by atoms with Gasteiger partial charge in [0, 0.05) is 0 Å². The van der Waals surface area contributed by atoms with E-state index in [1.165, 1.54) is 20.5 Å². The second-order valence-electron chi connectivity index (χ2n) is 2.61. The lowest BCUT2D eigenvalue weighted by atomic mass is 10.00. The minimum atomic E-state index is -0.314. The largest absolute Gasteiger partial charge is 0.504 e. The van der Waals surface area contributed by atoms with E-state index in [1.54, 1.807) is 0 Å². The monoisotopic (exact) mass is 172 g/mol. The first kappa shape index (κ1) is 11.0. The molecule has 0 bridgehead atoms. The first-order valence-electron chi connectivity index (χ1n) is 3.98. The Hall–Kier alpha value is -0.990. The molecular formula is C9H16O3. The number of carbonyl (C=O) groups excluding carboxylic acids is 1. The second-order valence-corrected chi connectivity index (χ2v) is 2.61. The zero-order valence-corrected chi connectivity index (χ0v) is 8.09. The summed E-state index contributed by atoms with van der Waals surface area (Å²) in [7, 11) is 2.89. The van der Waals surface area contributed by atoms with Crippen LogP contribution in [-0.4, -0.2) is 20.2 Å². The van der Waals surface area contributed by atoms with Gasteiger partial charge in [-0.1, -0.05) is 13.8 Å². The highest BCUT2D eigenvalue weighted by Gasteiger charge is 2.16. The van der Waals surface area contributed by atoms with Crippen LogP contribution in [-0.2, 0) is 14.3 Å². The standard InChI is InChI=1S/C9H16O3/c1-5-7(2)8(6-11-3)9(10)12-4/h6-7H,5H2,1-4H3. The summed E-state index contributed by atoms with van der Waals surface area (Å²) >= 11 is 0. The molecular weight excluding hydrogens is 156 g/mol. The number of rotatable bonds is 4. The van der Waals surface area contributed by atoms with Gasteiger partial charge in [-0.3, -0.25) is 0 Å². The van der Waals surface area contributed by atoms with Crippen molar-refractivity contribution in [1.82, 2.24) is 0 Å². The van der Waals surface area contributed by atoms with Crippen molar-refractivity contribution in [2.24, 2.45) is 5.92 Å². The minimum Gasteiger partial charge on any atom is -0.504 e. The molecule has 12 heavy (non-hydrogen) atoms. The van der Waals surface area contributed by atoms with Crippen LogP contribution in [0.5, 0.6) is 0 Å². The Bertz CT molecular complexity index is 173. The number of ether oxygens (including phenoxy) is 2. The Morgan fingerprint density at radius 3 is 2.42 bits per heavy atom. The molecule has 70 valence electrons. The molecule has 0 fully saturated rings. The molecule has 1 unspecified atom stereocenters. The first-order valence-corrected chi connectivity index (χ1v) is 3.98. The van der Waals surface area contributed by atoms with Gasteiger partial charge >= 0.3 is 5.97 Å². The molecule has 0 saturated heterocycles. The molecule has 0 aromatic rings. The van der Waals surface area contributed by atoms with Crippen molar-refractivity contribution in [2.45, 2.75) is 20.3 Å². The highest BCUT2D eigenvalue weighted by molar-refractivity contribution is 5.88. The molecule has 0 aromatic carbocycles. The van der Waals surface area contributed by atoms with E-state index >= 15 is 0 Å². The minimum absolute atomic E-state index is 0.178. The smallest absolute Gasteiger partial charge is 0.337 e. The molecule has 0 aromatic heterocycles. The number of hydrogen-bond acceptors (Lipinski definition) is 3. The van der Waals surface area contributed by atoms with E-state index in [2.05, 4.69) is 4.74 Å². The summed E-state index contributed by atoms with van der Waals surface area (Å²) in [6, 6.07) is 0. The van der Waals surface area contributed by atoms with Crippen molar-refractivity contribution in [2.75, 3.05) is 14.2 Å². The fourth-order valence-corrected chi connectivity index (χ4v) is 0.830. The van der Waals surface area contributed by atoms with Crippen LogP contribution in [0.2, 0.25) is 0 Å². The van der Waals surface area contributed by atoms with E-state index in [0.29, 0.717) is 5.57 Å². The molecule has 0 radical (unpaired) electrons. The summed E-state index contributed by atoms with van der Waals surface area (Å²) in [5.41, 5.74) is 0.586. The van der Waals surface area contributed by atoms with Crippen molar-refractivity contribution in [3.05, 3.63) is 11.8 Å². The molecule has 0 spiro atoms. The summed E-state index contributed by atoms with van der Waals surface area (Å²) in [6.07, 6.45) is 2.34. The normalized spacial score (nSPS) is 13.8. The fourth-order valence-electron chi connectivity index (χ4n) is 0.830. The van der Waals surface area contributed by atoms with Crippen molar-refractivity contribution in [1.29, 1.82) is 0 Å². The third-order valence-corrected chi connectivity index (χ3v) is 1.81. The Morgan fingerprint density at radius 1 is 1.50 bits per heavy atom. The van der Waals surface area contributed by atoms with Crippen LogP contribution in [0.25, 0.3) is 0 Å². The summed E-state index contributed by atoms with van der Waals surface area (Å²) < 4.78 is 9.39. The van der Waals surface area contributed by atoms with Crippen LogP contribution in [0.3, 0.4) is 0 Å². The number of esters is 1. The Balaban J connectivity index is 4.43. The van der Waals surface area contributed by atoms with E-state index in [9.17, 15) is 4.79 Å². The predicted molar refractivity (Wildman–Crippen MR) is 46.6 cm³/mol. The molecule has 0 N–H and O–H groups in total. The maximum absolute atomic E-state index is 11.1. The SMILES string of the molecule is CCC(C)C(=COC)C(=O)OC. The Kier molecular flexibility index (Phi) is 5.17. The zero-order chi connectivity index (χ0) is 9.56. The van der Waals surface area contributed by atoms with Crippen molar-refractivity contribution in [3.8, 4) is 0 Å². The van der Waals surface area contributed by atoms with Gasteiger partial charge in [-0.2, -0.15) is 0 Å². The molecule has 3 nitrogen and oxygen atoms in total. The fraction of sp³-hybridized carbons (Fsp3) is 0.667. The third kappa shape index (κ3) is 2.95. The molecule has 3 heteroatoms. The van der Waals surface area contributed by atoms with Gasteiger partial charge < -0.3 is 9.47 Å². The molecule has 0 saturated carbocycles. The second kappa shape index (κ2) is 5.63. The zero-order valence-electron chi connectivity index (χ0n) is 8.09. The molecule has 0 heterocycles. The van der Waals surface area contributed by atoms with Crippen molar-refractivity contribution >= 4 is 5.97 Å². The van der Waals surface area contributed by atoms with Gasteiger partial charge in [0.25, 0.3) is 0 Å². The molecule has 0 aliphatic rings. The average Bonchev–Trinajstić information content (AvgIpc) is 2.11. The predicted octanol–water partition coefficient (Wildman–Crippen LogP) is 1.74. The third-order valence-electron chi connectivity index (χ3n) is 1.81. The van der Waals surface area contributed by atoms with E-state index in [4.69, 9.17) is 4.74 Å². The van der Waals surface area contributed by atoms with Gasteiger partial charge in [0.05, 0.1) is 26.1 Å². The van der Waals surface area contributed by atoms with E-state index in [1.807, 2.05) is 13.8 Å². The van der Waals surface area contributed by atoms with Crippen LogP contribution in [0.15, 0.2) is 11.8 Å². The number of carbonyl (C=O) groups is 1. The highest BCUT2D eigenvalue weighted by Crippen LogP contribution is 2.15. The Morgan fingerprint density at radius 2 is 2.08 bits per heavy atom. The van der Waals surface area contributed by atoms with Gasteiger partial charge in [0.1, 0.15) is 0 Å². The lowest BCUT2D eigenvalue weighted by molar-refractivity contribution is -0.136. The maximum Gasteiger partial charge on any atom is 0.337 e. The van der Waals surface area contributed by atoms with E-state index in [0.717, 1.165) is 6.42 Å². The van der Waals surface area contributed by atoms with Gasteiger partial charge in [0.15, 0.2) is 0 Å². The van der Waals surface area contributed by atoms with Gasteiger partial charge in [-0.25, -0.2) is 4.79 Å². The Labute approximate surface area is 73.4 Å². The van der Waals surface area contributed by atoms with Crippen LogP contribution in [0, 0.1) is 5.92 Å². The first-order chi connectivity index (χ1) is 5.67. The van der Waals surface area contributed by atoms with E-state index in [-0.39, 0.29) is 11.9 Å². The van der Waals surface area contributed by atoms with Gasteiger partial charge in [0.2, 0.25) is 0 Å². The van der Waals surface area contributed by atoms with Crippen LogP contribution >= 0.6 is 0 Å². The number of methoxy groups -OCH3 is 2.